The fourth-order valence-electron chi connectivity index (χ4n) is 5.28. The number of alkyl carbamates (subject to hydrolysis) is 1. The summed E-state index contributed by atoms with van der Waals surface area (Å²) in [7, 11) is -0.417. The molecule has 4 rings (SSSR count). The molecule has 0 saturated carbocycles. The largest absolute Gasteiger partial charge is 0.439 e. The first-order valence-corrected chi connectivity index (χ1v) is 19.3. The molecule has 2 aromatic carbocycles. The van der Waals surface area contributed by atoms with Gasteiger partial charge in [0.15, 0.2) is 20.2 Å². The fourth-order valence-corrected chi connectivity index (χ4v) is 7.16. The quantitative estimate of drug-likeness (QED) is 0.147. The van der Waals surface area contributed by atoms with Gasteiger partial charge in [0.2, 0.25) is 0 Å². The zero-order chi connectivity index (χ0) is 36.7. The summed E-state index contributed by atoms with van der Waals surface area (Å²) in [6, 6.07) is 10.3. The van der Waals surface area contributed by atoms with Crippen LogP contribution in [0.5, 0.6) is 0 Å². The highest BCUT2D eigenvalue weighted by Crippen LogP contribution is 2.41. The SMILES string of the molecule is Cn1nc(N)c2c(Cl)ccc(-c3ccc(C#CC(C)(C)O[Si](C)(C)C(C)(C)C)nc3[C@H](Cc3cc(F)cc(F)c3)OC(=O)NC(C)(C)C)c21. The van der Waals surface area contributed by atoms with Gasteiger partial charge < -0.3 is 20.2 Å². The van der Waals surface area contributed by atoms with Gasteiger partial charge in [-0.1, -0.05) is 44.4 Å². The Balaban J connectivity index is 1.95. The maximum Gasteiger partial charge on any atom is 0.408 e. The number of nitrogens with two attached hydrogens (primary N) is 1. The first kappa shape index (κ1) is 37.8. The second-order valence-corrected chi connectivity index (χ2v) is 20.5. The number of rotatable bonds is 7. The van der Waals surface area contributed by atoms with E-state index in [9.17, 15) is 13.6 Å². The average Bonchev–Trinajstić information content (AvgIpc) is 3.23. The van der Waals surface area contributed by atoms with Gasteiger partial charge in [0.1, 0.15) is 22.9 Å². The summed E-state index contributed by atoms with van der Waals surface area (Å²) in [5, 5.41) is 8.14. The Hall–Kier alpha value is -3.98. The Bertz CT molecular complexity index is 1930. The van der Waals surface area contributed by atoms with Crippen LogP contribution in [0.1, 0.15) is 78.4 Å². The number of carbonyl (C=O) groups excluding carboxylic acids is 1. The van der Waals surface area contributed by atoms with Gasteiger partial charge in [-0.2, -0.15) is 5.10 Å². The molecule has 1 atom stereocenters. The van der Waals surface area contributed by atoms with Crippen molar-refractivity contribution in [3.05, 3.63) is 76.1 Å². The maximum absolute atomic E-state index is 14.4. The number of halogens is 3. The summed E-state index contributed by atoms with van der Waals surface area (Å²) < 4.78 is 43.1. The molecule has 262 valence electrons. The van der Waals surface area contributed by atoms with E-state index in [-0.39, 0.29) is 22.8 Å². The molecular formula is C37H46ClF2N5O3Si. The standard InChI is InChI=1S/C37H46ClF2N5O3Si/c1-35(2,3)43-34(46)47-29(20-22-18-23(39)21-24(40)19-22)31-26(27-14-15-28(38)30-32(27)45(9)44-33(30)41)13-12-25(42-31)16-17-37(7,8)48-49(10,11)36(4,5)6/h12-15,18-19,21,29H,20H2,1-11H3,(H2,41,44)(H,43,46)/t29-/m0/s1. The lowest BCUT2D eigenvalue weighted by molar-refractivity contribution is 0.0891. The van der Waals surface area contributed by atoms with Gasteiger partial charge in [0.05, 0.1) is 21.6 Å². The second-order valence-electron chi connectivity index (χ2n) is 15.3. The van der Waals surface area contributed by atoms with E-state index in [1.165, 1.54) is 12.1 Å². The number of nitrogens with zero attached hydrogens (tertiary/aromatic N) is 3. The molecule has 2 heterocycles. The van der Waals surface area contributed by atoms with E-state index >= 15 is 0 Å². The minimum absolute atomic E-state index is 0.0211. The van der Waals surface area contributed by atoms with Crippen LogP contribution in [-0.4, -0.2) is 40.3 Å². The molecule has 12 heteroatoms. The Morgan fingerprint density at radius 2 is 1.63 bits per heavy atom. The monoisotopic (exact) mass is 709 g/mol. The van der Waals surface area contributed by atoms with Crippen LogP contribution in [0.15, 0.2) is 42.5 Å². The van der Waals surface area contributed by atoms with Crippen molar-refractivity contribution in [2.75, 3.05) is 5.73 Å². The number of anilines is 1. The van der Waals surface area contributed by atoms with Crippen LogP contribution in [-0.2, 0) is 22.6 Å². The van der Waals surface area contributed by atoms with Crippen LogP contribution >= 0.6 is 11.6 Å². The van der Waals surface area contributed by atoms with Crippen molar-refractivity contribution in [3.63, 3.8) is 0 Å². The Morgan fingerprint density at radius 1 is 1.02 bits per heavy atom. The third kappa shape index (κ3) is 9.18. The molecule has 0 aliphatic heterocycles. The molecule has 0 aliphatic carbocycles. The molecule has 49 heavy (non-hydrogen) atoms. The van der Waals surface area contributed by atoms with Crippen molar-refractivity contribution in [3.8, 4) is 23.0 Å². The van der Waals surface area contributed by atoms with Crippen molar-refractivity contribution >= 4 is 42.7 Å². The summed E-state index contributed by atoms with van der Waals surface area (Å²) >= 11 is 6.56. The molecule has 3 N–H and O–H groups in total. The maximum atomic E-state index is 14.4. The number of benzene rings is 2. The molecule has 0 unspecified atom stereocenters. The first-order chi connectivity index (χ1) is 22.5. The first-order valence-electron chi connectivity index (χ1n) is 16.1. The molecule has 0 radical (unpaired) electrons. The number of nitrogens with one attached hydrogen (secondary N) is 1. The van der Waals surface area contributed by atoms with Crippen LogP contribution in [0.25, 0.3) is 22.0 Å². The van der Waals surface area contributed by atoms with Crippen LogP contribution < -0.4 is 11.1 Å². The van der Waals surface area contributed by atoms with Gasteiger partial charge in [-0.15, -0.1) is 0 Å². The van der Waals surface area contributed by atoms with E-state index in [2.05, 4.69) is 56.1 Å². The topological polar surface area (TPSA) is 104 Å². The molecule has 1 amide bonds. The number of aryl methyl sites for hydroxylation is 1. The van der Waals surface area contributed by atoms with Crippen LogP contribution in [0.4, 0.5) is 19.4 Å². The number of aromatic nitrogens is 3. The van der Waals surface area contributed by atoms with Crippen LogP contribution in [0.3, 0.4) is 0 Å². The Kier molecular flexibility index (Phi) is 10.6. The molecule has 4 aromatic rings. The third-order valence-corrected chi connectivity index (χ3v) is 13.3. The number of fused-ring (bicyclic) bond motifs is 1. The molecular weight excluding hydrogens is 664 g/mol. The van der Waals surface area contributed by atoms with Crippen molar-refractivity contribution in [2.45, 2.75) is 97.2 Å². The summed E-state index contributed by atoms with van der Waals surface area (Å²) in [4.78, 5) is 18.2. The number of hydrogen-bond donors (Lipinski definition) is 2. The highest BCUT2D eigenvalue weighted by atomic mass is 35.5. The summed E-state index contributed by atoms with van der Waals surface area (Å²) in [6.07, 6.45) is -1.92. The average molecular weight is 710 g/mol. The number of amides is 1. The van der Waals surface area contributed by atoms with Gasteiger partial charge in [-0.25, -0.2) is 18.6 Å². The van der Waals surface area contributed by atoms with E-state index in [1.54, 1.807) is 23.9 Å². The van der Waals surface area contributed by atoms with Gasteiger partial charge in [-0.3, -0.25) is 4.68 Å². The number of hydrogen-bond acceptors (Lipinski definition) is 6. The van der Waals surface area contributed by atoms with Crippen molar-refractivity contribution in [1.82, 2.24) is 20.1 Å². The highest BCUT2D eigenvalue weighted by molar-refractivity contribution is 6.74. The van der Waals surface area contributed by atoms with Crippen LogP contribution in [0.2, 0.25) is 23.2 Å². The predicted molar refractivity (Wildman–Crippen MR) is 195 cm³/mol. The summed E-state index contributed by atoms with van der Waals surface area (Å²) in [6.45, 7) is 20.1. The van der Waals surface area contributed by atoms with Gasteiger partial charge >= 0.3 is 6.09 Å². The van der Waals surface area contributed by atoms with E-state index in [4.69, 9.17) is 31.5 Å². The molecule has 8 nitrogen and oxygen atoms in total. The third-order valence-electron chi connectivity index (χ3n) is 8.36. The lowest BCUT2D eigenvalue weighted by Gasteiger charge is -2.40. The Labute approximate surface area is 293 Å². The molecule has 0 spiro atoms. The van der Waals surface area contributed by atoms with Crippen molar-refractivity contribution < 1.29 is 22.7 Å². The van der Waals surface area contributed by atoms with E-state index < -0.39 is 43.3 Å². The van der Waals surface area contributed by atoms with Gasteiger partial charge in [0, 0.05) is 36.2 Å². The minimum atomic E-state index is -2.16. The van der Waals surface area contributed by atoms with Crippen molar-refractivity contribution in [1.29, 1.82) is 0 Å². The predicted octanol–water partition coefficient (Wildman–Crippen LogP) is 9.11. The smallest absolute Gasteiger partial charge is 0.408 e. The number of nitrogen functional groups attached to an aromatic ring is 1. The van der Waals surface area contributed by atoms with Crippen molar-refractivity contribution in [2.24, 2.45) is 7.05 Å². The molecule has 0 aliphatic rings. The number of carbonyl (C=O) groups is 1. The zero-order valence-electron chi connectivity index (χ0n) is 30.1. The molecule has 0 bridgehead atoms. The van der Waals surface area contributed by atoms with Crippen LogP contribution in [0, 0.1) is 23.5 Å². The van der Waals surface area contributed by atoms with Gasteiger partial charge in [0.25, 0.3) is 0 Å². The lowest BCUT2D eigenvalue weighted by Crippen LogP contribution is -2.47. The minimum Gasteiger partial charge on any atom is -0.439 e. The van der Waals surface area contributed by atoms with E-state index in [1.807, 2.05) is 46.8 Å². The van der Waals surface area contributed by atoms with E-state index in [0.29, 0.717) is 38.4 Å². The molecule has 2 aromatic heterocycles. The fraction of sp³-hybridized carbons (Fsp3) is 0.432. The zero-order valence-corrected chi connectivity index (χ0v) is 31.9. The molecule has 0 fully saturated rings. The number of ether oxygens (including phenoxy) is 1. The lowest BCUT2D eigenvalue weighted by atomic mass is 9.95. The number of pyridine rings is 1. The second kappa shape index (κ2) is 13.7. The van der Waals surface area contributed by atoms with Gasteiger partial charge in [-0.05, 0) is 94.6 Å². The summed E-state index contributed by atoms with van der Waals surface area (Å²) in [5.74, 6) is 5.15. The summed E-state index contributed by atoms with van der Waals surface area (Å²) in [5.41, 5.74) is 7.65. The molecule has 0 saturated heterocycles. The normalized spacial score (nSPS) is 13.2. The van der Waals surface area contributed by atoms with E-state index in [0.717, 1.165) is 6.07 Å². The highest BCUT2D eigenvalue weighted by Gasteiger charge is 2.41. The Morgan fingerprint density at radius 3 is 2.22 bits per heavy atom.